The van der Waals surface area contributed by atoms with Crippen LogP contribution in [0.5, 0.6) is 0 Å². The van der Waals surface area contributed by atoms with Gasteiger partial charge in [0.25, 0.3) is 0 Å². The van der Waals surface area contributed by atoms with E-state index < -0.39 is 0 Å². The number of β-amino-alcohol motifs (C(OH)–C–C–N with tert-alkyl or cyclic N) is 1. The van der Waals surface area contributed by atoms with Crippen LogP contribution in [0.25, 0.3) is 0 Å². The second-order valence-corrected chi connectivity index (χ2v) is 6.23. The number of likely N-dealkylation sites (N-methyl/N-ethyl adjacent to an activating group) is 1. The third kappa shape index (κ3) is 4.29. The van der Waals surface area contributed by atoms with Gasteiger partial charge in [-0.1, -0.05) is 30.3 Å². The molecule has 5 nitrogen and oxygen atoms in total. The molecule has 122 valence electrons. The minimum Gasteiger partial charge on any atom is -0.392 e. The molecule has 0 spiro atoms. The number of benzene rings is 1. The lowest BCUT2D eigenvalue weighted by Crippen LogP contribution is -2.51. The summed E-state index contributed by atoms with van der Waals surface area (Å²) in [6.45, 7) is 5.96. The molecule has 1 fully saturated rings. The Morgan fingerprint density at radius 2 is 1.77 bits per heavy atom. The van der Waals surface area contributed by atoms with E-state index in [4.69, 9.17) is 0 Å². The Bertz CT molecular complexity index is 468. The van der Waals surface area contributed by atoms with Crippen LogP contribution in [-0.2, 0) is 4.79 Å². The van der Waals surface area contributed by atoms with Gasteiger partial charge >= 0.3 is 0 Å². The minimum atomic E-state index is -0.306. The van der Waals surface area contributed by atoms with Gasteiger partial charge in [-0.15, -0.1) is 0 Å². The second kappa shape index (κ2) is 7.72. The largest absolute Gasteiger partial charge is 0.392 e. The van der Waals surface area contributed by atoms with Crippen molar-refractivity contribution in [2.75, 3.05) is 46.8 Å². The lowest BCUT2D eigenvalue weighted by atomic mass is 10.0. The monoisotopic (exact) mass is 305 g/mol. The average Bonchev–Trinajstić information content (AvgIpc) is 2.49. The molecule has 0 aliphatic carbocycles. The fraction of sp³-hybridized carbons (Fsp3) is 0.588. The third-order valence-corrected chi connectivity index (χ3v) is 4.08. The third-order valence-electron chi connectivity index (χ3n) is 4.08. The van der Waals surface area contributed by atoms with Gasteiger partial charge in [-0.25, -0.2) is 0 Å². The van der Waals surface area contributed by atoms with Crippen molar-refractivity contribution in [3.63, 3.8) is 0 Å². The van der Waals surface area contributed by atoms with Crippen LogP contribution >= 0.6 is 0 Å². The molecule has 0 aromatic heterocycles. The number of rotatable bonds is 5. The number of aliphatic hydroxyl groups excluding tert-OH is 1. The highest BCUT2D eigenvalue weighted by molar-refractivity contribution is 5.82. The maximum absolute atomic E-state index is 12.6. The number of hydrogen-bond acceptors (Lipinski definition) is 4. The summed E-state index contributed by atoms with van der Waals surface area (Å²) in [5, 5.41) is 9.50. The van der Waals surface area contributed by atoms with Crippen molar-refractivity contribution in [1.29, 1.82) is 0 Å². The van der Waals surface area contributed by atoms with Crippen LogP contribution in [0.15, 0.2) is 30.3 Å². The molecule has 2 rings (SSSR count). The summed E-state index contributed by atoms with van der Waals surface area (Å²) < 4.78 is 0. The van der Waals surface area contributed by atoms with Gasteiger partial charge in [0.2, 0.25) is 5.91 Å². The highest BCUT2D eigenvalue weighted by Crippen LogP contribution is 2.24. The van der Waals surface area contributed by atoms with Gasteiger partial charge in [0.15, 0.2) is 0 Å². The number of carbonyl (C=O) groups excluding carboxylic acids is 1. The van der Waals surface area contributed by atoms with Gasteiger partial charge in [0, 0.05) is 46.8 Å². The molecule has 1 heterocycles. The molecule has 1 aliphatic heterocycles. The minimum absolute atomic E-state index is 0.121. The number of piperazine rings is 1. The number of hydrogen-bond donors (Lipinski definition) is 1. The van der Waals surface area contributed by atoms with E-state index in [0.717, 1.165) is 31.7 Å². The molecular formula is C17H27N3O2. The van der Waals surface area contributed by atoms with Gasteiger partial charge in [-0.2, -0.15) is 0 Å². The predicted octanol–water partition coefficient (Wildman–Crippen LogP) is 0.814. The van der Waals surface area contributed by atoms with Gasteiger partial charge in [-0.3, -0.25) is 14.6 Å². The SMILES string of the molecule is CC(O)CN1CCN(C(C(=O)N(C)C)c2ccccc2)CC1. The van der Waals surface area contributed by atoms with E-state index in [-0.39, 0.29) is 18.1 Å². The fourth-order valence-electron chi connectivity index (χ4n) is 2.97. The number of aliphatic hydroxyl groups is 1. The normalized spacial score (nSPS) is 19.6. The summed E-state index contributed by atoms with van der Waals surface area (Å²) in [5.41, 5.74) is 1.05. The van der Waals surface area contributed by atoms with Crippen LogP contribution in [0.1, 0.15) is 18.5 Å². The first-order chi connectivity index (χ1) is 10.5. The fourth-order valence-corrected chi connectivity index (χ4v) is 2.97. The van der Waals surface area contributed by atoms with E-state index >= 15 is 0 Å². The number of amides is 1. The van der Waals surface area contributed by atoms with Crippen LogP contribution < -0.4 is 0 Å². The summed E-state index contributed by atoms with van der Waals surface area (Å²) >= 11 is 0. The van der Waals surface area contributed by atoms with Crippen molar-refractivity contribution in [2.24, 2.45) is 0 Å². The van der Waals surface area contributed by atoms with Crippen molar-refractivity contribution in [3.8, 4) is 0 Å². The molecule has 1 saturated heterocycles. The second-order valence-electron chi connectivity index (χ2n) is 6.23. The lowest BCUT2D eigenvalue weighted by molar-refractivity contribution is -0.135. The molecule has 0 saturated carbocycles. The van der Waals surface area contributed by atoms with E-state index in [1.807, 2.05) is 51.4 Å². The molecule has 2 atom stereocenters. The smallest absolute Gasteiger partial charge is 0.244 e. The molecule has 0 radical (unpaired) electrons. The van der Waals surface area contributed by atoms with E-state index in [9.17, 15) is 9.90 Å². The Hall–Kier alpha value is -1.43. The molecule has 1 amide bonds. The molecule has 1 N–H and O–H groups in total. The van der Waals surface area contributed by atoms with E-state index in [1.54, 1.807) is 4.90 Å². The lowest BCUT2D eigenvalue weighted by Gasteiger charge is -2.39. The van der Waals surface area contributed by atoms with Crippen molar-refractivity contribution in [1.82, 2.24) is 14.7 Å². The summed E-state index contributed by atoms with van der Waals surface area (Å²) in [5.74, 6) is 0.121. The van der Waals surface area contributed by atoms with E-state index in [2.05, 4.69) is 9.80 Å². The molecule has 1 aromatic rings. The van der Waals surface area contributed by atoms with Crippen molar-refractivity contribution in [3.05, 3.63) is 35.9 Å². The maximum atomic E-state index is 12.6. The summed E-state index contributed by atoms with van der Waals surface area (Å²) in [7, 11) is 3.62. The molecule has 5 heteroatoms. The first-order valence-corrected chi connectivity index (χ1v) is 7.89. The topological polar surface area (TPSA) is 47.0 Å². The Labute approximate surface area is 133 Å². The van der Waals surface area contributed by atoms with Gasteiger partial charge in [-0.05, 0) is 12.5 Å². The first kappa shape index (κ1) is 16.9. The Morgan fingerprint density at radius 1 is 1.18 bits per heavy atom. The van der Waals surface area contributed by atoms with Crippen LogP contribution in [0.3, 0.4) is 0 Å². The highest BCUT2D eigenvalue weighted by Gasteiger charge is 2.31. The van der Waals surface area contributed by atoms with Crippen molar-refractivity contribution < 1.29 is 9.90 Å². The van der Waals surface area contributed by atoms with Crippen molar-refractivity contribution in [2.45, 2.75) is 19.1 Å². The van der Waals surface area contributed by atoms with E-state index in [1.165, 1.54) is 0 Å². The summed E-state index contributed by atoms with van der Waals surface area (Å²) in [6, 6.07) is 9.76. The first-order valence-electron chi connectivity index (χ1n) is 7.89. The summed E-state index contributed by atoms with van der Waals surface area (Å²) in [6.07, 6.45) is -0.306. The quantitative estimate of drug-likeness (QED) is 0.875. The van der Waals surface area contributed by atoms with Crippen LogP contribution in [0.4, 0.5) is 0 Å². The Kier molecular flexibility index (Phi) is 5.94. The zero-order valence-electron chi connectivity index (χ0n) is 13.8. The highest BCUT2D eigenvalue weighted by atomic mass is 16.3. The van der Waals surface area contributed by atoms with Crippen molar-refractivity contribution >= 4 is 5.91 Å². The van der Waals surface area contributed by atoms with Gasteiger partial charge in [0.1, 0.15) is 6.04 Å². The zero-order valence-corrected chi connectivity index (χ0v) is 13.8. The molecular weight excluding hydrogens is 278 g/mol. The maximum Gasteiger partial charge on any atom is 0.244 e. The summed E-state index contributed by atoms with van der Waals surface area (Å²) in [4.78, 5) is 18.8. The number of nitrogens with zero attached hydrogens (tertiary/aromatic N) is 3. The van der Waals surface area contributed by atoms with Crippen LogP contribution in [0.2, 0.25) is 0 Å². The van der Waals surface area contributed by atoms with Gasteiger partial charge < -0.3 is 10.0 Å². The molecule has 2 unspecified atom stereocenters. The molecule has 0 bridgehead atoms. The molecule has 1 aromatic carbocycles. The van der Waals surface area contributed by atoms with E-state index in [0.29, 0.717) is 6.54 Å². The van der Waals surface area contributed by atoms with Crippen LogP contribution in [-0.4, -0.2) is 78.6 Å². The predicted molar refractivity (Wildman–Crippen MR) is 87.6 cm³/mol. The number of carbonyl (C=O) groups is 1. The zero-order chi connectivity index (χ0) is 16.1. The Morgan fingerprint density at radius 3 is 2.27 bits per heavy atom. The standard InChI is InChI=1S/C17H27N3O2/c1-14(21)13-19-9-11-20(12-10-19)16(17(22)18(2)3)15-7-5-4-6-8-15/h4-8,14,16,21H,9-13H2,1-3H3. The molecule has 1 aliphatic rings. The van der Waals surface area contributed by atoms with Gasteiger partial charge in [0.05, 0.1) is 6.10 Å². The Balaban J connectivity index is 2.09. The van der Waals surface area contributed by atoms with Crippen LogP contribution in [0, 0.1) is 0 Å². The average molecular weight is 305 g/mol. The molecule has 22 heavy (non-hydrogen) atoms.